The molecular formula is C9H15N3. The first-order valence-electron chi connectivity index (χ1n) is 3.76. The summed E-state index contributed by atoms with van der Waals surface area (Å²) in [7, 11) is 0. The highest BCUT2D eigenvalue weighted by molar-refractivity contribution is 5.95. The second kappa shape index (κ2) is 5.29. The predicted octanol–water partition coefficient (Wildman–Crippen LogP) is 2.08. The molecule has 0 unspecified atom stereocenters. The van der Waals surface area contributed by atoms with E-state index < -0.39 is 0 Å². The summed E-state index contributed by atoms with van der Waals surface area (Å²) < 4.78 is 0. The van der Waals surface area contributed by atoms with Gasteiger partial charge in [0.15, 0.2) is 0 Å². The Balaban J connectivity index is 4.78. The summed E-state index contributed by atoms with van der Waals surface area (Å²) in [6, 6.07) is 0. The number of hydrogen-bond acceptors (Lipinski definition) is 3. The molecule has 2 N–H and O–H groups in total. The van der Waals surface area contributed by atoms with Crippen LogP contribution in [0.3, 0.4) is 0 Å². The second-order valence-electron chi connectivity index (χ2n) is 2.33. The molecule has 0 radical (unpaired) electrons. The van der Waals surface area contributed by atoms with Crippen molar-refractivity contribution < 1.29 is 0 Å². The highest BCUT2D eigenvalue weighted by Crippen LogP contribution is 2.03. The number of nitrogens with one attached hydrogen (secondary N) is 2. The van der Waals surface area contributed by atoms with E-state index in [-0.39, 0.29) is 0 Å². The van der Waals surface area contributed by atoms with Gasteiger partial charge in [-0.05, 0) is 27.0 Å². The summed E-state index contributed by atoms with van der Waals surface area (Å²) >= 11 is 0. The third-order valence-corrected chi connectivity index (χ3v) is 1.41. The van der Waals surface area contributed by atoms with Gasteiger partial charge in [0.25, 0.3) is 0 Å². The van der Waals surface area contributed by atoms with Gasteiger partial charge in [-0.25, -0.2) is 4.99 Å². The number of allylic oxidation sites excluding steroid dienone is 1. The van der Waals surface area contributed by atoms with Gasteiger partial charge in [-0.1, -0.05) is 6.58 Å². The topological polar surface area (TPSA) is 48.2 Å². The summed E-state index contributed by atoms with van der Waals surface area (Å²) in [5, 5.41) is 10.3. The lowest BCUT2D eigenvalue weighted by Crippen LogP contribution is -2.08. The van der Waals surface area contributed by atoms with Crippen molar-refractivity contribution in [1.82, 2.24) is 5.32 Å². The predicted molar refractivity (Wildman–Crippen MR) is 53.6 cm³/mol. The number of aliphatic imine (C=N–C) groups is 1. The molecular weight excluding hydrogens is 150 g/mol. The van der Waals surface area contributed by atoms with Crippen LogP contribution in [-0.2, 0) is 0 Å². The molecule has 3 heteroatoms. The molecule has 0 atom stereocenters. The van der Waals surface area contributed by atoms with Gasteiger partial charge in [-0.15, -0.1) is 0 Å². The Morgan fingerprint density at radius 2 is 2.08 bits per heavy atom. The molecule has 0 aromatic rings. The average molecular weight is 165 g/mol. The molecule has 0 bridgehead atoms. The van der Waals surface area contributed by atoms with Crippen molar-refractivity contribution in [2.75, 3.05) is 0 Å². The van der Waals surface area contributed by atoms with E-state index in [1.54, 1.807) is 19.3 Å². The minimum absolute atomic E-state index is 0.505. The Morgan fingerprint density at radius 3 is 2.42 bits per heavy atom. The third-order valence-electron chi connectivity index (χ3n) is 1.41. The van der Waals surface area contributed by atoms with Gasteiger partial charge in [0.05, 0.1) is 0 Å². The molecule has 12 heavy (non-hydrogen) atoms. The molecule has 0 amide bonds. The van der Waals surface area contributed by atoms with Crippen LogP contribution in [0.5, 0.6) is 0 Å². The summed E-state index contributed by atoms with van der Waals surface area (Å²) in [4.78, 5) is 4.07. The highest BCUT2D eigenvalue weighted by Gasteiger charge is 1.99. The van der Waals surface area contributed by atoms with Crippen molar-refractivity contribution in [3.63, 3.8) is 0 Å². The lowest BCUT2D eigenvalue weighted by Gasteiger charge is -2.05. The van der Waals surface area contributed by atoms with Crippen LogP contribution >= 0.6 is 0 Å². The minimum Gasteiger partial charge on any atom is -0.347 e. The Kier molecular flexibility index (Phi) is 4.69. The average Bonchev–Trinajstić information content (AvgIpc) is 2.03. The lowest BCUT2D eigenvalue weighted by atomic mass is 10.2. The number of nitrogens with zero attached hydrogens (tertiary/aromatic N) is 1. The quantitative estimate of drug-likeness (QED) is 0.615. The molecule has 0 fully saturated rings. The fourth-order valence-corrected chi connectivity index (χ4v) is 0.646. The first-order valence-corrected chi connectivity index (χ1v) is 3.76. The van der Waals surface area contributed by atoms with Gasteiger partial charge in [0.1, 0.15) is 5.82 Å². The van der Waals surface area contributed by atoms with E-state index in [1.807, 2.05) is 13.8 Å². The molecule has 0 heterocycles. The largest absolute Gasteiger partial charge is 0.347 e. The molecule has 0 aliphatic heterocycles. The molecule has 66 valence electrons. The minimum atomic E-state index is 0.505. The zero-order chi connectivity index (χ0) is 9.56. The van der Waals surface area contributed by atoms with Crippen LogP contribution in [0.4, 0.5) is 0 Å². The Labute approximate surface area is 73.4 Å². The smallest absolute Gasteiger partial charge is 0.134 e. The van der Waals surface area contributed by atoms with Crippen molar-refractivity contribution >= 4 is 11.9 Å². The van der Waals surface area contributed by atoms with Crippen molar-refractivity contribution in [1.29, 1.82) is 5.41 Å². The molecule has 0 saturated carbocycles. The van der Waals surface area contributed by atoms with Crippen LogP contribution in [-0.4, -0.2) is 11.9 Å². The summed E-state index contributed by atoms with van der Waals surface area (Å²) in [5.41, 5.74) is 1.33. The molecule has 0 aliphatic rings. The van der Waals surface area contributed by atoms with E-state index in [2.05, 4.69) is 16.9 Å². The van der Waals surface area contributed by atoms with E-state index in [1.165, 1.54) is 0 Å². The SMILES string of the molecule is C=CN/C(N=CC)=C(\C)C(C)=N. The number of rotatable bonds is 4. The van der Waals surface area contributed by atoms with Gasteiger partial charge in [-0.2, -0.15) is 0 Å². The maximum Gasteiger partial charge on any atom is 0.134 e. The van der Waals surface area contributed by atoms with Crippen molar-refractivity contribution in [2.45, 2.75) is 20.8 Å². The fourth-order valence-electron chi connectivity index (χ4n) is 0.646. The summed E-state index contributed by atoms with van der Waals surface area (Å²) in [6.07, 6.45) is 3.23. The standard InChI is InChI=1S/C9H15N3/c1-5-11-9(12-6-2)7(3)8(4)10/h5-6,10-11H,1H2,2-4H3/b9-7-,10-8?,12-6?. The van der Waals surface area contributed by atoms with Gasteiger partial charge in [-0.3, -0.25) is 0 Å². The normalized spacial score (nSPS) is 12.6. The van der Waals surface area contributed by atoms with Crippen LogP contribution < -0.4 is 5.32 Å². The van der Waals surface area contributed by atoms with Crippen LogP contribution in [0, 0.1) is 5.41 Å². The molecule has 0 spiro atoms. The highest BCUT2D eigenvalue weighted by atomic mass is 15.0. The first kappa shape index (κ1) is 10.6. The summed E-state index contributed by atoms with van der Waals surface area (Å²) in [5.74, 6) is 0.681. The van der Waals surface area contributed by atoms with E-state index >= 15 is 0 Å². The van der Waals surface area contributed by atoms with Crippen LogP contribution in [0.1, 0.15) is 20.8 Å². The van der Waals surface area contributed by atoms with E-state index in [0.717, 1.165) is 5.57 Å². The Bertz CT molecular complexity index is 236. The second-order valence-corrected chi connectivity index (χ2v) is 2.33. The van der Waals surface area contributed by atoms with E-state index in [0.29, 0.717) is 11.5 Å². The van der Waals surface area contributed by atoms with E-state index in [4.69, 9.17) is 5.41 Å². The Hall–Kier alpha value is -1.38. The molecule has 0 saturated heterocycles. The molecule has 0 aliphatic carbocycles. The van der Waals surface area contributed by atoms with Crippen molar-refractivity contribution in [2.24, 2.45) is 4.99 Å². The van der Waals surface area contributed by atoms with Crippen molar-refractivity contribution in [3.05, 3.63) is 24.2 Å². The molecule has 0 rings (SSSR count). The molecule has 0 aromatic carbocycles. The maximum absolute atomic E-state index is 7.38. The molecule has 3 nitrogen and oxygen atoms in total. The fraction of sp³-hybridized carbons (Fsp3) is 0.333. The van der Waals surface area contributed by atoms with Crippen LogP contribution in [0.25, 0.3) is 0 Å². The third kappa shape index (κ3) is 3.14. The molecule has 0 aromatic heterocycles. The van der Waals surface area contributed by atoms with Gasteiger partial charge in [0.2, 0.25) is 0 Å². The van der Waals surface area contributed by atoms with Crippen LogP contribution in [0.15, 0.2) is 29.2 Å². The van der Waals surface area contributed by atoms with E-state index in [9.17, 15) is 0 Å². The Morgan fingerprint density at radius 1 is 1.50 bits per heavy atom. The van der Waals surface area contributed by atoms with Gasteiger partial charge >= 0.3 is 0 Å². The van der Waals surface area contributed by atoms with Gasteiger partial charge in [0, 0.05) is 17.5 Å². The zero-order valence-corrected chi connectivity index (χ0v) is 7.81. The van der Waals surface area contributed by atoms with Crippen LogP contribution in [0.2, 0.25) is 0 Å². The zero-order valence-electron chi connectivity index (χ0n) is 7.81. The maximum atomic E-state index is 7.38. The van der Waals surface area contributed by atoms with Crippen molar-refractivity contribution in [3.8, 4) is 0 Å². The monoisotopic (exact) mass is 165 g/mol. The lowest BCUT2D eigenvalue weighted by molar-refractivity contribution is 1.01. The number of hydrogen-bond donors (Lipinski definition) is 2. The van der Waals surface area contributed by atoms with Gasteiger partial charge < -0.3 is 10.7 Å². The summed E-state index contributed by atoms with van der Waals surface area (Å²) in [6.45, 7) is 8.94. The first-order chi connectivity index (χ1) is 5.63.